The molecule has 0 radical (unpaired) electrons. The number of hydrogen-bond acceptors (Lipinski definition) is 4. The molecule has 0 heterocycles. The Morgan fingerprint density at radius 1 is 1.32 bits per heavy atom. The smallest absolute Gasteiger partial charge is 0.240 e. The van der Waals surface area contributed by atoms with Gasteiger partial charge >= 0.3 is 0 Å². The van der Waals surface area contributed by atoms with Crippen LogP contribution in [0, 0.1) is 12.3 Å². The molecule has 0 aliphatic heterocycles. The number of nitrogens with two attached hydrogens (primary N) is 1. The molecule has 6 nitrogen and oxygen atoms in total. The summed E-state index contributed by atoms with van der Waals surface area (Å²) in [5, 5.41) is 2.83. The third kappa shape index (κ3) is 3.16. The summed E-state index contributed by atoms with van der Waals surface area (Å²) in [4.78, 5) is 12.7. The van der Waals surface area contributed by atoms with E-state index in [4.69, 9.17) is 5.73 Å². The molecular formula is C15H23N3O3S. The standard InChI is InChI=1S/C15H23N3O3S/c1-11-5-6-12(9-13(11)22(20,21)17-2)18-14(19)15(10-16)7-3-4-8-15/h5-6,9,17H,3-4,7-8,10,16H2,1-2H3,(H,18,19). The lowest BCUT2D eigenvalue weighted by Gasteiger charge is -2.25. The van der Waals surface area contributed by atoms with Gasteiger partial charge in [0.15, 0.2) is 0 Å². The summed E-state index contributed by atoms with van der Waals surface area (Å²) < 4.78 is 26.3. The van der Waals surface area contributed by atoms with E-state index in [1.54, 1.807) is 19.1 Å². The number of amides is 1. The van der Waals surface area contributed by atoms with Crippen molar-refractivity contribution in [2.45, 2.75) is 37.5 Å². The van der Waals surface area contributed by atoms with E-state index in [0.29, 0.717) is 17.8 Å². The predicted octanol–water partition coefficient (Wildman–Crippen LogP) is 1.36. The highest BCUT2D eigenvalue weighted by Gasteiger charge is 2.39. The summed E-state index contributed by atoms with van der Waals surface area (Å²) in [5.74, 6) is -0.121. The summed E-state index contributed by atoms with van der Waals surface area (Å²) in [6, 6.07) is 4.88. The fraction of sp³-hybridized carbons (Fsp3) is 0.533. The third-order valence-corrected chi connectivity index (χ3v) is 5.99. The van der Waals surface area contributed by atoms with Crippen LogP contribution in [-0.4, -0.2) is 27.9 Å². The van der Waals surface area contributed by atoms with Gasteiger partial charge in [-0.1, -0.05) is 18.9 Å². The molecule has 1 aliphatic carbocycles. The number of aryl methyl sites for hydroxylation is 1. The second kappa shape index (κ2) is 6.36. The molecular weight excluding hydrogens is 302 g/mol. The van der Waals surface area contributed by atoms with E-state index in [1.807, 2.05) is 0 Å². The molecule has 1 amide bonds. The second-order valence-electron chi connectivity index (χ2n) is 5.83. The highest BCUT2D eigenvalue weighted by atomic mass is 32.2. The first-order valence-electron chi connectivity index (χ1n) is 7.40. The van der Waals surface area contributed by atoms with E-state index in [-0.39, 0.29) is 10.8 Å². The molecule has 0 bridgehead atoms. The molecule has 1 aromatic rings. The Hall–Kier alpha value is -1.44. The first-order chi connectivity index (χ1) is 10.3. The lowest BCUT2D eigenvalue weighted by atomic mass is 9.85. The van der Waals surface area contributed by atoms with Crippen LogP contribution in [0.5, 0.6) is 0 Å². The molecule has 122 valence electrons. The molecule has 0 atom stereocenters. The quantitative estimate of drug-likeness (QED) is 0.761. The molecule has 0 spiro atoms. The Morgan fingerprint density at radius 3 is 2.50 bits per heavy atom. The number of anilines is 1. The molecule has 0 aromatic heterocycles. The number of carbonyl (C=O) groups is 1. The van der Waals surface area contributed by atoms with Gasteiger partial charge in [0.25, 0.3) is 0 Å². The maximum absolute atomic E-state index is 12.5. The minimum atomic E-state index is -3.55. The van der Waals surface area contributed by atoms with Gasteiger partial charge in [-0.2, -0.15) is 0 Å². The first-order valence-corrected chi connectivity index (χ1v) is 8.89. The summed E-state index contributed by atoms with van der Waals surface area (Å²) in [5.41, 5.74) is 6.38. The van der Waals surface area contributed by atoms with E-state index >= 15 is 0 Å². The van der Waals surface area contributed by atoms with Gasteiger partial charge in [-0.05, 0) is 44.5 Å². The van der Waals surface area contributed by atoms with E-state index in [1.165, 1.54) is 13.1 Å². The van der Waals surface area contributed by atoms with Crippen LogP contribution in [0.1, 0.15) is 31.2 Å². The van der Waals surface area contributed by atoms with Gasteiger partial charge in [0.05, 0.1) is 10.3 Å². The summed E-state index contributed by atoms with van der Waals surface area (Å²) >= 11 is 0. The van der Waals surface area contributed by atoms with Gasteiger partial charge in [0.1, 0.15) is 0 Å². The van der Waals surface area contributed by atoms with Crippen molar-refractivity contribution >= 4 is 21.6 Å². The van der Waals surface area contributed by atoms with Gasteiger partial charge in [0, 0.05) is 12.2 Å². The number of rotatable bonds is 5. The lowest BCUT2D eigenvalue weighted by Crippen LogP contribution is -2.40. The van der Waals surface area contributed by atoms with E-state index in [0.717, 1.165) is 25.7 Å². The number of sulfonamides is 1. The zero-order chi connectivity index (χ0) is 16.4. The highest BCUT2D eigenvalue weighted by molar-refractivity contribution is 7.89. The maximum atomic E-state index is 12.5. The predicted molar refractivity (Wildman–Crippen MR) is 86.0 cm³/mol. The molecule has 22 heavy (non-hydrogen) atoms. The van der Waals surface area contributed by atoms with Gasteiger partial charge in [-0.25, -0.2) is 13.1 Å². The van der Waals surface area contributed by atoms with Crippen LogP contribution >= 0.6 is 0 Å². The Bertz CT molecular complexity index is 665. The topological polar surface area (TPSA) is 101 Å². The number of benzene rings is 1. The van der Waals surface area contributed by atoms with Crippen molar-refractivity contribution in [2.24, 2.45) is 11.1 Å². The SMILES string of the molecule is CNS(=O)(=O)c1cc(NC(=O)C2(CN)CCCC2)ccc1C. The van der Waals surface area contributed by atoms with Crippen molar-refractivity contribution in [1.82, 2.24) is 4.72 Å². The average Bonchev–Trinajstić information content (AvgIpc) is 2.99. The monoisotopic (exact) mass is 325 g/mol. The van der Waals surface area contributed by atoms with Gasteiger partial charge < -0.3 is 11.1 Å². The zero-order valence-electron chi connectivity index (χ0n) is 13.0. The Balaban J connectivity index is 2.27. The Kier molecular flexibility index (Phi) is 4.89. The van der Waals surface area contributed by atoms with Crippen LogP contribution in [0.2, 0.25) is 0 Å². The zero-order valence-corrected chi connectivity index (χ0v) is 13.8. The number of hydrogen-bond donors (Lipinski definition) is 3. The maximum Gasteiger partial charge on any atom is 0.240 e. The fourth-order valence-electron chi connectivity index (χ4n) is 2.92. The van der Waals surface area contributed by atoms with E-state index in [2.05, 4.69) is 10.0 Å². The Morgan fingerprint density at radius 2 is 1.95 bits per heavy atom. The third-order valence-electron chi connectivity index (χ3n) is 4.44. The molecule has 1 saturated carbocycles. The molecule has 0 unspecified atom stereocenters. The summed E-state index contributed by atoms with van der Waals surface area (Å²) in [6.45, 7) is 2.03. The molecule has 2 rings (SSSR count). The van der Waals surface area contributed by atoms with Crippen molar-refractivity contribution in [3.8, 4) is 0 Å². The normalized spacial score (nSPS) is 17.4. The van der Waals surface area contributed by atoms with E-state index in [9.17, 15) is 13.2 Å². The second-order valence-corrected chi connectivity index (χ2v) is 7.69. The van der Waals surface area contributed by atoms with Crippen LogP contribution in [0.15, 0.2) is 23.1 Å². The largest absolute Gasteiger partial charge is 0.329 e. The fourth-order valence-corrected chi connectivity index (χ4v) is 3.91. The average molecular weight is 325 g/mol. The molecule has 1 fully saturated rings. The van der Waals surface area contributed by atoms with Gasteiger partial charge in [0.2, 0.25) is 15.9 Å². The molecule has 1 aliphatic rings. The van der Waals surface area contributed by atoms with Crippen molar-refractivity contribution in [1.29, 1.82) is 0 Å². The van der Waals surface area contributed by atoms with Crippen LogP contribution in [0.4, 0.5) is 5.69 Å². The lowest BCUT2D eigenvalue weighted by molar-refractivity contribution is -0.124. The van der Waals surface area contributed by atoms with Gasteiger partial charge in [-0.15, -0.1) is 0 Å². The van der Waals surface area contributed by atoms with E-state index < -0.39 is 15.4 Å². The molecule has 0 saturated heterocycles. The summed E-state index contributed by atoms with van der Waals surface area (Å²) in [7, 11) is -2.19. The van der Waals surface area contributed by atoms with Crippen molar-refractivity contribution in [3.63, 3.8) is 0 Å². The van der Waals surface area contributed by atoms with Crippen molar-refractivity contribution < 1.29 is 13.2 Å². The van der Waals surface area contributed by atoms with Crippen LogP contribution in [0.25, 0.3) is 0 Å². The molecule has 1 aromatic carbocycles. The Labute approximate surface area is 131 Å². The minimum absolute atomic E-state index is 0.121. The molecule has 4 N–H and O–H groups in total. The van der Waals surface area contributed by atoms with Gasteiger partial charge in [-0.3, -0.25) is 4.79 Å². The minimum Gasteiger partial charge on any atom is -0.329 e. The number of nitrogens with one attached hydrogen (secondary N) is 2. The van der Waals surface area contributed by atoms with Crippen LogP contribution < -0.4 is 15.8 Å². The van der Waals surface area contributed by atoms with Crippen LogP contribution in [-0.2, 0) is 14.8 Å². The van der Waals surface area contributed by atoms with Crippen molar-refractivity contribution in [2.75, 3.05) is 18.9 Å². The first kappa shape index (κ1) is 16.9. The van der Waals surface area contributed by atoms with Crippen molar-refractivity contribution in [3.05, 3.63) is 23.8 Å². The highest BCUT2D eigenvalue weighted by Crippen LogP contribution is 2.38. The summed E-state index contributed by atoms with van der Waals surface area (Å²) in [6.07, 6.45) is 3.56. The number of carbonyl (C=O) groups excluding carboxylic acids is 1. The van der Waals surface area contributed by atoms with Crippen LogP contribution in [0.3, 0.4) is 0 Å². The molecule has 7 heteroatoms.